The van der Waals surface area contributed by atoms with Gasteiger partial charge in [0.15, 0.2) is 6.10 Å². The van der Waals surface area contributed by atoms with Crippen LogP contribution in [0.5, 0.6) is 5.75 Å². The molecule has 2 aromatic carbocycles. The van der Waals surface area contributed by atoms with Crippen LogP contribution in [0.2, 0.25) is 0 Å². The average molecular weight is 393 g/mol. The highest BCUT2D eigenvalue weighted by Gasteiger charge is 2.25. The minimum Gasteiger partial charge on any atom is -0.481 e. The topological polar surface area (TPSA) is 77.4 Å². The number of nitriles is 1. The van der Waals surface area contributed by atoms with Crippen LogP contribution in [-0.2, 0) is 4.79 Å². The Kier molecular flexibility index (Phi) is 7.23. The molecule has 1 aliphatic heterocycles. The zero-order chi connectivity index (χ0) is 20.6. The molecule has 6 nitrogen and oxygen atoms in total. The summed E-state index contributed by atoms with van der Waals surface area (Å²) in [6.07, 6.45) is 2.40. The van der Waals surface area contributed by atoms with Crippen molar-refractivity contribution >= 4 is 5.91 Å². The molecular weight excluding hydrogens is 364 g/mol. The number of rotatable bonds is 8. The van der Waals surface area contributed by atoms with E-state index in [9.17, 15) is 4.79 Å². The summed E-state index contributed by atoms with van der Waals surface area (Å²) in [6, 6.07) is 20.0. The van der Waals surface area contributed by atoms with Gasteiger partial charge in [0.1, 0.15) is 5.75 Å². The lowest BCUT2D eigenvalue weighted by Crippen LogP contribution is -2.39. The van der Waals surface area contributed by atoms with E-state index in [1.807, 2.05) is 13.1 Å². The first kappa shape index (κ1) is 20.8. The van der Waals surface area contributed by atoms with Gasteiger partial charge in [0.05, 0.1) is 11.6 Å². The molecule has 1 fully saturated rings. The molecule has 1 aliphatic rings. The zero-order valence-corrected chi connectivity index (χ0v) is 17.0. The van der Waals surface area contributed by atoms with Gasteiger partial charge in [0.25, 0.3) is 5.91 Å². The Hall–Kier alpha value is -2.88. The van der Waals surface area contributed by atoms with Crippen molar-refractivity contribution in [3.8, 4) is 11.8 Å². The highest BCUT2D eigenvalue weighted by atomic mass is 16.5. The molecule has 3 atom stereocenters. The van der Waals surface area contributed by atoms with Gasteiger partial charge in [0, 0.05) is 25.7 Å². The van der Waals surface area contributed by atoms with Gasteiger partial charge in [-0.05, 0) is 56.0 Å². The second kappa shape index (κ2) is 10.1. The van der Waals surface area contributed by atoms with E-state index in [2.05, 4.69) is 41.2 Å². The normalized spacial score (nSPS) is 19.3. The summed E-state index contributed by atoms with van der Waals surface area (Å²) in [5.74, 6) is 0.542. The van der Waals surface area contributed by atoms with E-state index in [0.717, 1.165) is 19.3 Å². The van der Waals surface area contributed by atoms with Gasteiger partial charge in [0.2, 0.25) is 0 Å². The smallest absolute Gasteiger partial charge is 0.263 e. The lowest BCUT2D eigenvalue weighted by molar-refractivity contribution is -0.136. The first-order valence-electron chi connectivity index (χ1n) is 10.0. The van der Waals surface area contributed by atoms with E-state index in [-0.39, 0.29) is 5.91 Å². The van der Waals surface area contributed by atoms with Gasteiger partial charge in [-0.15, -0.1) is 0 Å². The molecule has 1 heterocycles. The number of amides is 1. The van der Waals surface area contributed by atoms with Crippen molar-refractivity contribution in [2.45, 2.75) is 44.4 Å². The molecule has 3 rings (SSSR count). The molecule has 0 aromatic heterocycles. The Morgan fingerprint density at radius 1 is 1.21 bits per heavy atom. The maximum Gasteiger partial charge on any atom is 0.263 e. The maximum absolute atomic E-state index is 12.6. The molecule has 3 unspecified atom stereocenters. The lowest BCUT2D eigenvalue weighted by Gasteiger charge is -2.22. The number of nitrogens with one attached hydrogen (secondary N) is 2. The molecular formula is C23H28N4O2. The number of likely N-dealkylation sites (N-methyl/N-ethyl adjacent to an activating group) is 1. The SMILES string of the molecule is CC(Oc1ccc(C#N)cc1)C(=O)N(C)CCCC1CC(c2ccccc2)NN1. The van der Waals surface area contributed by atoms with Gasteiger partial charge < -0.3 is 9.64 Å². The van der Waals surface area contributed by atoms with Crippen molar-refractivity contribution in [2.75, 3.05) is 13.6 Å². The standard InChI is InChI=1S/C23H28N4O2/c1-17(29-21-12-10-18(16-24)11-13-21)23(28)27(2)14-6-9-20-15-22(26-25-20)19-7-4-3-5-8-19/h3-5,7-8,10-13,17,20,22,25-26H,6,9,14-15H2,1-2H3. The zero-order valence-electron chi connectivity index (χ0n) is 17.0. The van der Waals surface area contributed by atoms with E-state index in [4.69, 9.17) is 10.00 Å². The van der Waals surface area contributed by atoms with Crippen molar-refractivity contribution in [3.63, 3.8) is 0 Å². The van der Waals surface area contributed by atoms with Crippen molar-refractivity contribution in [2.24, 2.45) is 0 Å². The molecule has 2 N–H and O–H groups in total. The van der Waals surface area contributed by atoms with Crippen LogP contribution in [-0.4, -0.2) is 36.5 Å². The van der Waals surface area contributed by atoms with Crippen LogP contribution >= 0.6 is 0 Å². The highest BCUT2D eigenvalue weighted by Crippen LogP contribution is 2.23. The lowest BCUT2D eigenvalue weighted by atomic mass is 10.00. The van der Waals surface area contributed by atoms with E-state index < -0.39 is 6.10 Å². The van der Waals surface area contributed by atoms with Crippen molar-refractivity contribution in [3.05, 3.63) is 65.7 Å². The predicted octanol–water partition coefficient (Wildman–Crippen LogP) is 3.17. The van der Waals surface area contributed by atoms with Crippen LogP contribution in [0.25, 0.3) is 0 Å². The quantitative estimate of drug-likeness (QED) is 0.722. The third-order valence-corrected chi connectivity index (χ3v) is 5.25. The molecule has 0 spiro atoms. The number of benzene rings is 2. The Balaban J connectivity index is 1.39. The van der Waals surface area contributed by atoms with Crippen LogP contribution in [0.4, 0.5) is 0 Å². The minimum absolute atomic E-state index is 0.0472. The van der Waals surface area contributed by atoms with Gasteiger partial charge in [-0.3, -0.25) is 15.6 Å². The average Bonchev–Trinajstić information content (AvgIpc) is 3.23. The van der Waals surface area contributed by atoms with Gasteiger partial charge >= 0.3 is 0 Å². The fourth-order valence-corrected chi connectivity index (χ4v) is 3.57. The summed E-state index contributed by atoms with van der Waals surface area (Å²) in [4.78, 5) is 14.3. The summed E-state index contributed by atoms with van der Waals surface area (Å²) >= 11 is 0. The second-order valence-electron chi connectivity index (χ2n) is 7.48. The molecule has 29 heavy (non-hydrogen) atoms. The van der Waals surface area contributed by atoms with Gasteiger partial charge in [-0.1, -0.05) is 30.3 Å². The molecule has 152 valence electrons. The molecule has 0 saturated carbocycles. The Morgan fingerprint density at radius 2 is 1.93 bits per heavy atom. The number of carbonyl (C=O) groups excluding carboxylic acids is 1. The van der Waals surface area contributed by atoms with E-state index in [0.29, 0.717) is 29.9 Å². The number of hydrazine groups is 1. The van der Waals surface area contributed by atoms with Gasteiger partial charge in [-0.25, -0.2) is 0 Å². The Bertz CT molecular complexity index is 832. The van der Waals surface area contributed by atoms with Crippen LogP contribution in [0.3, 0.4) is 0 Å². The fourth-order valence-electron chi connectivity index (χ4n) is 3.57. The summed E-state index contributed by atoms with van der Waals surface area (Å²) in [6.45, 7) is 2.44. The molecule has 0 radical (unpaired) electrons. The molecule has 0 bridgehead atoms. The largest absolute Gasteiger partial charge is 0.481 e. The molecule has 0 aliphatic carbocycles. The van der Waals surface area contributed by atoms with Crippen molar-refractivity contribution in [1.82, 2.24) is 15.8 Å². The molecule has 2 aromatic rings. The summed E-state index contributed by atoms with van der Waals surface area (Å²) in [5, 5.41) is 8.84. The first-order valence-corrected chi connectivity index (χ1v) is 10.0. The van der Waals surface area contributed by atoms with Crippen LogP contribution in [0, 0.1) is 11.3 Å². The number of hydrogen-bond donors (Lipinski definition) is 2. The van der Waals surface area contributed by atoms with Crippen LogP contribution < -0.4 is 15.6 Å². The second-order valence-corrected chi connectivity index (χ2v) is 7.48. The van der Waals surface area contributed by atoms with E-state index >= 15 is 0 Å². The van der Waals surface area contributed by atoms with E-state index in [1.54, 1.807) is 36.1 Å². The molecule has 1 amide bonds. The monoisotopic (exact) mass is 392 g/mol. The Morgan fingerprint density at radius 3 is 2.62 bits per heavy atom. The van der Waals surface area contributed by atoms with Gasteiger partial charge in [-0.2, -0.15) is 5.26 Å². The highest BCUT2D eigenvalue weighted by molar-refractivity contribution is 5.80. The maximum atomic E-state index is 12.6. The summed E-state index contributed by atoms with van der Waals surface area (Å²) in [7, 11) is 1.81. The molecule has 1 saturated heterocycles. The summed E-state index contributed by atoms with van der Waals surface area (Å²) < 4.78 is 5.72. The van der Waals surface area contributed by atoms with E-state index in [1.165, 1.54) is 5.56 Å². The van der Waals surface area contributed by atoms with Crippen molar-refractivity contribution in [1.29, 1.82) is 5.26 Å². The molecule has 6 heteroatoms. The first-order chi connectivity index (χ1) is 14.1. The third kappa shape index (κ3) is 5.80. The third-order valence-electron chi connectivity index (χ3n) is 5.25. The Labute approximate surface area is 172 Å². The number of ether oxygens (including phenoxy) is 1. The fraction of sp³-hybridized carbons (Fsp3) is 0.391. The van der Waals surface area contributed by atoms with Crippen molar-refractivity contribution < 1.29 is 9.53 Å². The van der Waals surface area contributed by atoms with Crippen LogP contribution in [0.1, 0.15) is 43.4 Å². The predicted molar refractivity (Wildman–Crippen MR) is 112 cm³/mol. The summed E-state index contributed by atoms with van der Waals surface area (Å²) in [5.41, 5.74) is 8.60. The number of nitrogens with zero attached hydrogens (tertiary/aromatic N) is 2. The number of carbonyl (C=O) groups is 1. The minimum atomic E-state index is -0.568. The van der Waals surface area contributed by atoms with Crippen LogP contribution in [0.15, 0.2) is 54.6 Å². The number of hydrogen-bond acceptors (Lipinski definition) is 5.